The first-order valence-corrected chi connectivity index (χ1v) is 4.30. The Morgan fingerprint density at radius 3 is 2.54 bits per heavy atom. The number of nitrogens with zero attached hydrogens (tertiary/aromatic N) is 1. The van der Waals surface area contributed by atoms with E-state index in [4.69, 9.17) is 0 Å². The van der Waals surface area contributed by atoms with E-state index in [2.05, 4.69) is 35.4 Å². The molecule has 0 atom stereocenters. The highest BCUT2D eigenvalue weighted by atomic mass is 14.6. The van der Waals surface area contributed by atoms with Crippen molar-refractivity contribution in [2.24, 2.45) is 0 Å². The Bertz CT molecular complexity index is 316. The van der Waals surface area contributed by atoms with E-state index in [1.54, 1.807) is 0 Å². The Labute approximate surface area is 78.1 Å². The van der Waals surface area contributed by atoms with Gasteiger partial charge in [0.25, 0.3) is 0 Å². The number of aromatic nitrogens is 1. The first-order valence-electron chi connectivity index (χ1n) is 4.30. The van der Waals surface area contributed by atoms with Crippen molar-refractivity contribution in [2.75, 3.05) is 0 Å². The van der Waals surface area contributed by atoms with Gasteiger partial charge in [0.1, 0.15) is 0 Å². The van der Waals surface area contributed by atoms with Crippen LogP contribution in [-0.4, -0.2) is 4.98 Å². The van der Waals surface area contributed by atoms with Crippen molar-refractivity contribution in [1.29, 1.82) is 0 Å². The van der Waals surface area contributed by atoms with Gasteiger partial charge in [0.05, 0.1) is 6.20 Å². The van der Waals surface area contributed by atoms with Gasteiger partial charge in [-0.05, 0) is 23.6 Å². The lowest BCUT2D eigenvalue weighted by atomic mass is 10.1. The molecule has 0 aliphatic carbocycles. The number of benzene rings is 1. The van der Waals surface area contributed by atoms with Gasteiger partial charge in [-0.25, -0.2) is 0 Å². The minimum absolute atomic E-state index is 0.947. The van der Waals surface area contributed by atoms with Crippen molar-refractivity contribution in [3.63, 3.8) is 0 Å². The van der Waals surface area contributed by atoms with Gasteiger partial charge >= 0.3 is 0 Å². The van der Waals surface area contributed by atoms with E-state index < -0.39 is 0 Å². The summed E-state index contributed by atoms with van der Waals surface area (Å²) in [4.78, 5) is 3.96. The Kier molecular flexibility index (Phi) is 2.37. The molecule has 0 saturated heterocycles. The van der Waals surface area contributed by atoms with Gasteiger partial charge in [0, 0.05) is 6.20 Å². The van der Waals surface area contributed by atoms with Gasteiger partial charge in [-0.3, -0.25) is 4.98 Å². The summed E-state index contributed by atoms with van der Waals surface area (Å²) in [5.41, 5.74) is 2.54. The summed E-state index contributed by atoms with van der Waals surface area (Å²) in [6.07, 6.45) is 5.57. The van der Waals surface area contributed by atoms with Crippen LogP contribution in [0.15, 0.2) is 48.7 Å². The minimum Gasteiger partial charge on any atom is -0.254 e. The molecule has 1 radical (unpaired) electrons. The van der Waals surface area contributed by atoms with Gasteiger partial charge in [0.15, 0.2) is 0 Å². The van der Waals surface area contributed by atoms with E-state index in [9.17, 15) is 0 Å². The van der Waals surface area contributed by atoms with Gasteiger partial charge < -0.3 is 0 Å². The SMILES string of the molecule is [c]1ccc(Cc2ccccc2)cn1. The largest absolute Gasteiger partial charge is 0.254 e. The molecule has 1 heterocycles. The molecule has 2 aromatic rings. The lowest BCUT2D eigenvalue weighted by Crippen LogP contribution is -1.87. The second-order valence-electron chi connectivity index (χ2n) is 2.96. The quantitative estimate of drug-likeness (QED) is 0.671. The topological polar surface area (TPSA) is 12.9 Å². The standard InChI is InChI=1S/C12H10N/c1-2-5-11(6-3-1)9-12-7-4-8-13-10-12/h1-7,10H,9H2. The van der Waals surface area contributed by atoms with Crippen LogP contribution in [-0.2, 0) is 6.42 Å². The molecule has 1 nitrogen and oxygen atoms in total. The molecule has 0 amide bonds. The van der Waals surface area contributed by atoms with E-state index in [0.717, 1.165) is 6.42 Å². The Morgan fingerprint density at radius 1 is 1.00 bits per heavy atom. The van der Waals surface area contributed by atoms with Gasteiger partial charge in [0.2, 0.25) is 0 Å². The molecule has 0 bridgehead atoms. The lowest BCUT2D eigenvalue weighted by molar-refractivity contribution is 1.14. The molecule has 0 aliphatic rings. The molecule has 0 unspecified atom stereocenters. The molecule has 0 aliphatic heterocycles. The van der Waals surface area contributed by atoms with Crippen LogP contribution < -0.4 is 0 Å². The predicted molar refractivity (Wildman–Crippen MR) is 52.3 cm³/mol. The van der Waals surface area contributed by atoms with Crippen molar-refractivity contribution in [3.8, 4) is 0 Å². The fraction of sp³-hybridized carbons (Fsp3) is 0.0833. The molecule has 0 saturated carbocycles. The summed E-state index contributed by atoms with van der Waals surface area (Å²) in [6, 6.07) is 14.3. The summed E-state index contributed by atoms with van der Waals surface area (Å²) in [7, 11) is 0. The van der Waals surface area contributed by atoms with Crippen LogP contribution in [0.1, 0.15) is 11.1 Å². The first kappa shape index (κ1) is 7.99. The van der Waals surface area contributed by atoms with Gasteiger partial charge in [-0.1, -0.05) is 36.4 Å². The Hall–Kier alpha value is -1.63. The summed E-state index contributed by atoms with van der Waals surface area (Å²) in [6.45, 7) is 0. The minimum atomic E-state index is 0.947. The summed E-state index contributed by atoms with van der Waals surface area (Å²) in [5.74, 6) is 0. The molecule has 0 fully saturated rings. The number of hydrogen-bond acceptors (Lipinski definition) is 1. The highest BCUT2D eigenvalue weighted by molar-refractivity contribution is 5.23. The second-order valence-corrected chi connectivity index (χ2v) is 2.96. The fourth-order valence-corrected chi connectivity index (χ4v) is 1.29. The molecule has 63 valence electrons. The van der Waals surface area contributed by atoms with E-state index in [1.807, 2.05) is 24.4 Å². The molecule has 2 rings (SSSR count). The van der Waals surface area contributed by atoms with Crippen LogP contribution in [0, 0.1) is 6.20 Å². The third kappa shape index (κ3) is 2.15. The normalized spacial score (nSPS) is 9.85. The zero-order valence-electron chi connectivity index (χ0n) is 7.27. The number of hydrogen-bond donors (Lipinski definition) is 0. The zero-order chi connectivity index (χ0) is 8.93. The first-order chi connectivity index (χ1) is 6.45. The number of pyridine rings is 1. The summed E-state index contributed by atoms with van der Waals surface area (Å²) >= 11 is 0. The maximum Gasteiger partial charge on any atom is 0.0886 e. The molecule has 1 heteroatoms. The monoisotopic (exact) mass is 168 g/mol. The van der Waals surface area contributed by atoms with Crippen LogP contribution in [0.2, 0.25) is 0 Å². The van der Waals surface area contributed by atoms with Gasteiger partial charge in [-0.15, -0.1) is 0 Å². The van der Waals surface area contributed by atoms with E-state index in [1.165, 1.54) is 11.1 Å². The molecular formula is C12H10N. The third-order valence-corrected chi connectivity index (χ3v) is 1.93. The van der Waals surface area contributed by atoms with Crippen molar-refractivity contribution in [3.05, 3.63) is 66.0 Å². The van der Waals surface area contributed by atoms with Crippen molar-refractivity contribution >= 4 is 0 Å². The third-order valence-electron chi connectivity index (χ3n) is 1.93. The molecular weight excluding hydrogens is 158 g/mol. The Morgan fingerprint density at radius 2 is 1.85 bits per heavy atom. The smallest absolute Gasteiger partial charge is 0.0886 e. The van der Waals surface area contributed by atoms with Crippen LogP contribution >= 0.6 is 0 Å². The predicted octanol–water partition coefficient (Wildman–Crippen LogP) is 2.47. The maximum atomic E-state index is 3.96. The van der Waals surface area contributed by atoms with E-state index in [0.29, 0.717) is 0 Å². The fourth-order valence-electron chi connectivity index (χ4n) is 1.29. The van der Waals surface area contributed by atoms with Crippen LogP contribution in [0.5, 0.6) is 0 Å². The van der Waals surface area contributed by atoms with Crippen LogP contribution in [0.25, 0.3) is 0 Å². The van der Waals surface area contributed by atoms with Crippen molar-refractivity contribution in [2.45, 2.75) is 6.42 Å². The van der Waals surface area contributed by atoms with Crippen molar-refractivity contribution < 1.29 is 0 Å². The van der Waals surface area contributed by atoms with E-state index in [-0.39, 0.29) is 0 Å². The van der Waals surface area contributed by atoms with Crippen LogP contribution in [0.3, 0.4) is 0 Å². The summed E-state index contributed by atoms with van der Waals surface area (Å²) in [5, 5.41) is 0. The summed E-state index contributed by atoms with van der Waals surface area (Å²) < 4.78 is 0. The second kappa shape index (κ2) is 3.85. The molecule has 1 aromatic heterocycles. The number of rotatable bonds is 2. The van der Waals surface area contributed by atoms with Crippen LogP contribution in [0.4, 0.5) is 0 Å². The highest BCUT2D eigenvalue weighted by Crippen LogP contribution is 2.06. The maximum absolute atomic E-state index is 3.96. The van der Waals surface area contributed by atoms with E-state index >= 15 is 0 Å². The zero-order valence-corrected chi connectivity index (χ0v) is 7.27. The molecule has 0 N–H and O–H groups in total. The average molecular weight is 168 g/mol. The molecule has 1 aromatic carbocycles. The van der Waals surface area contributed by atoms with Gasteiger partial charge in [-0.2, -0.15) is 0 Å². The molecule has 0 spiro atoms. The average Bonchev–Trinajstić information content (AvgIpc) is 2.21. The Balaban J connectivity index is 2.16. The highest BCUT2D eigenvalue weighted by Gasteiger charge is 1.93. The molecule has 13 heavy (non-hydrogen) atoms. The van der Waals surface area contributed by atoms with Crippen molar-refractivity contribution in [1.82, 2.24) is 4.98 Å². The lowest BCUT2D eigenvalue weighted by Gasteiger charge is -1.99.